The monoisotopic (exact) mass is 535 g/mol. The van der Waals surface area contributed by atoms with Crippen LogP contribution >= 0.6 is 15.9 Å². The Kier molecular flexibility index (Phi) is 7.25. The number of nitro groups is 1. The molecule has 1 heterocycles. The molecule has 8 nitrogen and oxygen atoms in total. The van der Waals surface area contributed by atoms with E-state index in [0.29, 0.717) is 18.8 Å². The van der Waals surface area contributed by atoms with E-state index >= 15 is 0 Å². The largest absolute Gasteiger partial charge is 0.497 e. The standard InChI is InChI=1S/C23H20BrF2N3O5/c1-32-19-5-6-22-16(10-19)14-28(27(22)13-15-3-2-4-18(9-15)29(30)31)34-8-7-33-23-20(24)11-17(25)12-21(23)26/h2-6,9-12H,7-8,13-14H2,1H3. The number of hydrogen-bond acceptors (Lipinski definition) is 7. The van der Waals surface area contributed by atoms with Crippen LogP contribution in [0.25, 0.3) is 0 Å². The van der Waals surface area contributed by atoms with E-state index < -0.39 is 16.6 Å². The van der Waals surface area contributed by atoms with Gasteiger partial charge in [0.1, 0.15) is 24.8 Å². The summed E-state index contributed by atoms with van der Waals surface area (Å²) in [6.07, 6.45) is 0. The van der Waals surface area contributed by atoms with Gasteiger partial charge in [-0.05, 0) is 51.3 Å². The summed E-state index contributed by atoms with van der Waals surface area (Å²) in [6.45, 7) is 0.790. The Morgan fingerprint density at radius 1 is 1.12 bits per heavy atom. The van der Waals surface area contributed by atoms with Crippen LogP contribution in [0.1, 0.15) is 11.1 Å². The topological polar surface area (TPSA) is 77.3 Å². The number of hydroxylamine groups is 1. The normalized spacial score (nSPS) is 13.1. The SMILES string of the molecule is COc1ccc2c(c1)CN(OCCOc1c(F)cc(F)cc1Br)N2Cc1cccc([N+](=O)[O-])c1. The summed E-state index contributed by atoms with van der Waals surface area (Å²) in [5.41, 5.74) is 2.53. The molecule has 0 unspecified atom stereocenters. The van der Waals surface area contributed by atoms with Crippen molar-refractivity contribution in [1.29, 1.82) is 0 Å². The van der Waals surface area contributed by atoms with Crippen molar-refractivity contribution < 1.29 is 28.0 Å². The lowest BCUT2D eigenvalue weighted by Gasteiger charge is -2.29. The molecule has 0 radical (unpaired) electrons. The Balaban J connectivity index is 1.47. The quantitative estimate of drug-likeness (QED) is 0.206. The van der Waals surface area contributed by atoms with Crippen LogP contribution in [0, 0.1) is 21.7 Å². The number of methoxy groups -OCH3 is 1. The van der Waals surface area contributed by atoms with E-state index in [1.807, 2.05) is 23.2 Å². The summed E-state index contributed by atoms with van der Waals surface area (Å²) in [5, 5.41) is 14.6. The number of nitro benzene ring substituents is 1. The third-order valence-corrected chi connectivity index (χ3v) is 5.72. The average molecular weight is 536 g/mol. The second kappa shape index (κ2) is 10.3. The average Bonchev–Trinajstić information content (AvgIpc) is 3.14. The maximum atomic E-state index is 14.0. The van der Waals surface area contributed by atoms with Gasteiger partial charge in [-0.25, -0.2) is 8.78 Å². The molecule has 3 aromatic rings. The van der Waals surface area contributed by atoms with Crippen LogP contribution in [0.3, 0.4) is 0 Å². The molecular weight excluding hydrogens is 516 g/mol. The van der Waals surface area contributed by atoms with Crippen molar-refractivity contribution in [3.05, 3.63) is 91.9 Å². The minimum Gasteiger partial charge on any atom is -0.497 e. The molecule has 0 aromatic heterocycles. The lowest BCUT2D eigenvalue weighted by molar-refractivity contribution is -0.384. The lowest BCUT2D eigenvalue weighted by atomic mass is 10.1. The first-order chi connectivity index (χ1) is 16.4. The van der Waals surface area contributed by atoms with E-state index in [0.717, 1.165) is 28.9 Å². The van der Waals surface area contributed by atoms with E-state index in [-0.39, 0.29) is 29.1 Å². The molecule has 0 fully saturated rings. The molecule has 1 aliphatic rings. The first kappa shape index (κ1) is 23.9. The van der Waals surface area contributed by atoms with Crippen molar-refractivity contribution in [3.63, 3.8) is 0 Å². The van der Waals surface area contributed by atoms with Gasteiger partial charge in [-0.15, -0.1) is 0 Å². The second-order valence-electron chi connectivity index (χ2n) is 7.37. The van der Waals surface area contributed by atoms with E-state index in [1.165, 1.54) is 12.1 Å². The van der Waals surface area contributed by atoms with Gasteiger partial charge in [0.05, 0.1) is 35.3 Å². The first-order valence-corrected chi connectivity index (χ1v) is 11.0. The maximum Gasteiger partial charge on any atom is 0.269 e. The fourth-order valence-electron chi connectivity index (χ4n) is 3.59. The van der Waals surface area contributed by atoms with E-state index in [2.05, 4.69) is 15.9 Å². The van der Waals surface area contributed by atoms with Crippen LogP contribution in [0.5, 0.6) is 11.5 Å². The number of benzene rings is 3. The summed E-state index contributed by atoms with van der Waals surface area (Å²) in [6, 6.07) is 13.8. The molecule has 4 rings (SSSR count). The molecule has 178 valence electrons. The molecule has 0 aliphatic carbocycles. The molecule has 34 heavy (non-hydrogen) atoms. The highest BCUT2D eigenvalue weighted by atomic mass is 79.9. The number of halogens is 3. The van der Waals surface area contributed by atoms with Crippen molar-refractivity contribution in [1.82, 2.24) is 5.17 Å². The third kappa shape index (κ3) is 5.27. The highest BCUT2D eigenvalue weighted by Crippen LogP contribution is 2.36. The Morgan fingerprint density at radius 3 is 2.68 bits per heavy atom. The summed E-state index contributed by atoms with van der Waals surface area (Å²) >= 11 is 3.09. The molecule has 0 N–H and O–H groups in total. The van der Waals surface area contributed by atoms with E-state index in [4.69, 9.17) is 14.3 Å². The minimum absolute atomic E-state index is 0.000536. The lowest BCUT2D eigenvalue weighted by Crippen LogP contribution is -2.38. The van der Waals surface area contributed by atoms with Crippen molar-refractivity contribution in [3.8, 4) is 11.5 Å². The molecule has 11 heteroatoms. The van der Waals surface area contributed by atoms with Crippen molar-refractivity contribution >= 4 is 27.3 Å². The van der Waals surface area contributed by atoms with Gasteiger partial charge >= 0.3 is 0 Å². The number of fused-ring (bicyclic) bond motifs is 1. The number of hydrazine groups is 1. The van der Waals surface area contributed by atoms with Gasteiger partial charge in [-0.3, -0.25) is 20.0 Å². The van der Waals surface area contributed by atoms with Crippen LogP contribution in [-0.4, -0.2) is 30.4 Å². The number of hydrogen-bond donors (Lipinski definition) is 0. The Morgan fingerprint density at radius 2 is 1.94 bits per heavy atom. The van der Waals surface area contributed by atoms with Crippen LogP contribution in [-0.2, 0) is 17.9 Å². The fraction of sp³-hybridized carbons (Fsp3) is 0.217. The maximum absolute atomic E-state index is 14.0. The molecule has 0 spiro atoms. The molecule has 0 bridgehead atoms. The minimum atomic E-state index is -0.820. The first-order valence-electron chi connectivity index (χ1n) is 10.2. The van der Waals surface area contributed by atoms with Gasteiger partial charge in [-0.2, -0.15) is 0 Å². The zero-order valence-corrected chi connectivity index (χ0v) is 19.6. The molecule has 3 aromatic carbocycles. The van der Waals surface area contributed by atoms with Crippen LogP contribution in [0.15, 0.2) is 59.1 Å². The summed E-state index contributed by atoms with van der Waals surface area (Å²) in [7, 11) is 1.58. The Hall–Kier alpha value is -3.28. The van der Waals surface area contributed by atoms with Crippen molar-refractivity contribution in [2.75, 3.05) is 25.3 Å². The number of non-ortho nitro benzene ring substituents is 1. The number of nitrogens with zero attached hydrogens (tertiary/aromatic N) is 3. The zero-order chi connectivity index (χ0) is 24.2. The number of anilines is 1. The van der Waals surface area contributed by atoms with Crippen LogP contribution < -0.4 is 14.5 Å². The van der Waals surface area contributed by atoms with Crippen LogP contribution in [0.4, 0.5) is 20.2 Å². The molecule has 0 atom stereocenters. The molecular formula is C23H20BrF2N3O5. The fourth-order valence-corrected chi connectivity index (χ4v) is 4.11. The molecule has 0 amide bonds. The van der Waals surface area contributed by atoms with Crippen molar-refractivity contribution in [2.24, 2.45) is 0 Å². The molecule has 1 aliphatic heterocycles. The smallest absolute Gasteiger partial charge is 0.269 e. The van der Waals surface area contributed by atoms with Crippen LogP contribution in [0.2, 0.25) is 0 Å². The van der Waals surface area contributed by atoms with Gasteiger partial charge in [0, 0.05) is 18.2 Å². The summed E-state index contributed by atoms with van der Waals surface area (Å²) in [5.74, 6) is -0.946. The number of rotatable bonds is 9. The summed E-state index contributed by atoms with van der Waals surface area (Å²) in [4.78, 5) is 16.6. The van der Waals surface area contributed by atoms with Gasteiger partial charge in [0.25, 0.3) is 5.69 Å². The second-order valence-corrected chi connectivity index (χ2v) is 8.22. The Labute approximate surface area is 202 Å². The predicted octanol–water partition coefficient (Wildman–Crippen LogP) is 5.39. The third-order valence-electron chi connectivity index (χ3n) is 5.13. The van der Waals surface area contributed by atoms with Gasteiger partial charge in [-0.1, -0.05) is 17.3 Å². The highest BCUT2D eigenvalue weighted by Gasteiger charge is 2.29. The van der Waals surface area contributed by atoms with Crippen molar-refractivity contribution in [2.45, 2.75) is 13.1 Å². The van der Waals surface area contributed by atoms with E-state index in [1.54, 1.807) is 24.4 Å². The highest BCUT2D eigenvalue weighted by molar-refractivity contribution is 9.10. The van der Waals surface area contributed by atoms with Gasteiger partial charge < -0.3 is 9.47 Å². The number of ether oxygens (including phenoxy) is 2. The summed E-state index contributed by atoms with van der Waals surface area (Å²) < 4.78 is 38.1. The molecule has 0 saturated heterocycles. The van der Waals surface area contributed by atoms with Gasteiger partial charge in [0.2, 0.25) is 0 Å². The molecule has 0 saturated carbocycles. The van der Waals surface area contributed by atoms with E-state index in [9.17, 15) is 18.9 Å². The predicted molar refractivity (Wildman–Crippen MR) is 123 cm³/mol. The zero-order valence-electron chi connectivity index (χ0n) is 18.0. The van der Waals surface area contributed by atoms with Gasteiger partial charge in [0.15, 0.2) is 11.6 Å². The Bertz CT molecular complexity index is 1190.